The standard InChI is InChI=1S/C10H22N2O2/c1-9(2)12-5-3-11(4-6-12)7-10(14)8-13/h9-10,13-14H,3-8H2,1-2H3/t10-/m0/s1. The third-order valence-corrected chi connectivity index (χ3v) is 2.82. The summed E-state index contributed by atoms with van der Waals surface area (Å²) < 4.78 is 0. The zero-order chi connectivity index (χ0) is 10.6. The van der Waals surface area contributed by atoms with Crippen LogP contribution in [0.15, 0.2) is 0 Å². The molecular weight excluding hydrogens is 180 g/mol. The summed E-state index contributed by atoms with van der Waals surface area (Å²) >= 11 is 0. The molecule has 0 aromatic heterocycles. The van der Waals surface area contributed by atoms with E-state index in [1.165, 1.54) is 0 Å². The van der Waals surface area contributed by atoms with Crippen molar-refractivity contribution in [3.05, 3.63) is 0 Å². The van der Waals surface area contributed by atoms with Crippen LogP contribution in [0.2, 0.25) is 0 Å². The van der Waals surface area contributed by atoms with E-state index in [0.29, 0.717) is 12.6 Å². The van der Waals surface area contributed by atoms with Gasteiger partial charge in [0.25, 0.3) is 0 Å². The van der Waals surface area contributed by atoms with Crippen LogP contribution >= 0.6 is 0 Å². The predicted octanol–water partition coefficient (Wildman–Crippen LogP) is -0.634. The SMILES string of the molecule is CC(C)N1CCN(C[C@H](O)CO)CC1. The van der Waals surface area contributed by atoms with Crippen molar-refractivity contribution in [3.63, 3.8) is 0 Å². The minimum atomic E-state index is -0.583. The first-order valence-corrected chi connectivity index (χ1v) is 5.38. The molecule has 0 bridgehead atoms. The fourth-order valence-corrected chi connectivity index (χ4v) is 1.82. The number of hydrogen-bond acceptors (Lipinski definition) is 4. The maximum atomic E-state index is 9.28. The normalized spacial score (nSPS) is 22.9. The van der Waals surface area contributed by atoms with Crippen LogP contribution in [-0.2, 0) is 0 Å². The van der Waals surface area contributed by atoms with Crippen molar-refractivity contribution in [3.8, 4) is 0 Å². The highest BCUT2D eigenvalue weighted by molar-refractivity contribution is 4.75. The summed E-state index contributed by atoms with van der Waals surface area (Å²) in [5.41, 5.74) is 0. The predicted molar refractivity (Wildman–Crippen MR) is 56.2 cm³/mol. The molecule has 1 rings (SSSR count). The molecule has 0 aromatic carbocycles. The third-order valence-electron chi connectivity index (χ3n) is 2.82. The van der Waals surface area contributed by atoms with Crippen LogP contribution < -0.4 is 0 Å². The number of aliphatic hydroxyl groups is 2. The first-order chi connectivity index (χ1) is 6.63. The van der Waals surface area contributed by atoms with E-state index >= 15 is 0 Å². The molecular formula is C10H22N2O2. The molecule has 0 saturated carbocycles. The molecule has 0 radical (unpaired) electrons. The number of nitrogens with zero attached hydrogens (tertiary/aromatic N) is 2. The lowest BCUT2D eigenvalue weighted by Crippen LogP contribution is -2.50. The molecule has 1 aliphatic rings. The van der Waals surface area contributed by atoms with E-state index in [4.69, 9.17) is 5.11 Å². The third kappa shape index (κ3) is 3.53. The smallest absolute Gasteiger partial charge is 0.0897 e. The van der Waals surface area contributed by atoms with Crippen LogP contribution in [0.3, 0.4) is 0 Å². The number of rotatable bonds is 4. The van der Waals surface area contributed by atoms with Crippen LogP contribution in [0, 0.1) is 0 Å². The Morgan fingerprint density at radius 2 is 1.71 bits per heavy atom. The van der Waals surface area contributed by atoms with Gasteiger partial charge in [-0.3, -0.25) is 9.80 Å². The van der Waals surface area contributed by atoms with Crippen LogP contribution in [0.4, 0.5) is 0 Å². The fourth-order valence-electron chi connectivity index (χ4n) is 1.82. The summed E-state index contributed by atoms with van der Waals surface area (Å²) in [6, 6.07) is 0.611. The molecule has 2 N–H and O–H groups in total. The van der Waals surface area contributed by atoms with E-state index in [9.17, 15) is 5.11 Å². The minimum absolute atomic E-state index is 0.135. The van der Waals surface area contributed by atoms with E-state index in [0.717, 1.165) is 26.2 Å². The van der Waals surface area contributed by atoms with Crippen LogP contribution in [-0.4, -0.2) is 71.5 Å². The molecule has 14 heavy (non-hydrogen) atoms. The molecule has 0 amide bonds. The van der Waals surface area contributed by atoms with Crippen molar-refractivity contribution in [2.45, 2.75) is 26.0 Å². The zero-order valence-corrected chi connectivity index (χ0v) is 9.19. The maximum absolute atomic E-state index is 9.28. The van der Waals surface area contributed by atoms with Gasteiger partial charge in [0, 0.05) is 38.8 Å². The lowest BCUT2D eigenvalue weighted by atomic mass is 10.2. The molecule has 0 unspecified atom stereocenters. The molecule has 84 valence electrons. The molecule has 0 aromatic rings. The van der Waals surface area contributed by atoms with Crippen molar-refractivity contribution < 1.29 is 10.2 Å². The Hall–Kier alpha value is -0.160. The van der Waals surface area contributed by atoms with Gasteiger partial charge in [0.1, 0.15) is 0 Å². The number of aliphatic hydroxyl groups excluding tert-OH is 2. The second kappa shape index (κ2) is 5.66. The molecule has 1 atom stereocenters. The van der Waals surface area contributed by atoms with Gasteiger partial charge in [-0.05, 0) is 13.8 Å². The van der Waals surface area contributed by atoms with Crippen molar-refractivity contribution in [1.82, 2.24) is 9.80 Å². The Balaban J connectivity index is 2.22. The summed E-state index contributed by atoms with van der Waals surface area (Å²) in [4.78, 5) is 4.64. The molecule has 4 nitrogen and oxygen atoms in total. The molecule has 1 fully saturated rings. The van der Waals surface area contributed by atoms with E-state index < -0.39 is 6.10 Å². The molecule has 0 spiro atoms. The lowest BCUT2D eigenvalue weighted by molar-refractivity contribution is 0.0342. The van der Waals surface area contributed by atoms with Crippen LogP contribution in [0.5, 0.6) is 0 Å². The summed E-state index contributed by atoms with van der Waals surface area (Å²) in [6.45, 7) is 9.00. The highest BCUT2D eigenvalue weighted by atomic mass is 16.3. The fraction of sp³-hybridized carbons (Fsp3) is 1.00. The Kier molecular flexibility index (Phi) is 4.81. The second-order valence-electron chi connectivity index (χ2n) is 4.27. The maximum Gasteiger partial charge on any atom is 0.0897 e. The first-order valence-electron chi connectivity index (χ1n) is 5.38. The molecule has 1 saturated heterocycles. The van der Waals surface area contributed by atoms with Crippen molar-refractivity contribution in [1.29, 1.82) is 0 Å². The van der Waals surface area contributed by atoms with Crippen molar-refractivity contribution >= 4 is 0 Å². The van der Waals surface area contributed by atoms with Gasteiger partial charge in [0.2, 0.25) is 0 Å². The number of piperazine rings is 1. The first kappa shape index (κ1) is 11.9. The Morgan fingerprint density at radius 1 is 1.14 bits per heavy atom. The molecule has 1 heterocycles. The monoisotopic (exact) mass is 202 g/mol. The van der Waals surface area contributed by atoms with Gasteiger partial charge < -0.3 is 10.2 Å². The summed E-state index contributed by atoms with van der Waals surface area (Å²) in [5.74, 6) is 0. The number of hydrogen-bond donors (Lipinski definition) is 2. The average Bonchev–Trinajstić information content (AvgIpc) is 2.18. The Labute approximate surface area is 86.1 Å². The topological polar surface area (TPSA) is 46.9 Å². The van der Waals surface area contributed by atoms with Crippen molar-refractivity contribution in [2.75, 3.05) is 39.3 Å². The quantitative estimate of drug-likeness (QED) is 0.637. The minimum Gasteiger partial charge on any atom is -0.394 e. The number of β-amino-alcohol motifs (C(OH)–C–C–N with tert-alkyl or cyclic N) is 1. The zero-order valence-electron chi connectivity index (χ0n) is 9.19. The Morgan fingerprint density at radius 3 is 2.14 bits per heavy atom. The van der Waals surface area contributed by atoms with E-state index in [2.05, 4.69) is 23.6 Å². The highest BCUT2D eigenvalue weighted by Gasteiger charge is 2.19. The van der Waals surface area contributed by atoms with Gasteiger partial charge in [0.05, 0.1) is 12.7 Å². The average molecular weight is 202 g/mol. The van der Waals surface area contributed by atoms with Gasteiger partial charge in [-0.2, -0.15) is 0 Å². The van der Waals surface area contributed by atoms with Gasteiger partial charge in [-0.15, -0.1) is 0 Å². The molecule has 0 aliphatic carbocycles. The van der Waals surface area contributed by atoms with Gasteiger partial charge in [-0.25, -0.2) is 0 Å². The van der Waals surface area contributed by atoms with Crippen LogP contribution in [0.1, 0.15) is 13.8 Å². The summed E-state index contributed by atoms with van der Waals surface area (Å²) in [7, 11) is 0. The summed E-state index contributed by atoms with van der Waals surface area (Å²) in [5, 5.41) is 18.0. The lowest BCUT2D eigenvalue weighted by Gasteiger charge is -2.37. The molecule has 4 heteroatoms. The van der Waals surface area contributed by atoms with Gasteiger partial charge >= 0.3 is 0 Å². The van der Waals surface area contributed by atoms with Gasteiger partial charge in [0.15, 0.2) is 0 Å². The van der Waals surface area contributed by atoms with E-state index in [-0.39, 0.29) is 6.61 Å². The van der Waals surface area contributed by atoms with Crippen molar-refractivity contribution in [2.24, 2.45) is 0 Å². The van der Waals surface area contributed by atoms with E-state index in [1.807, 2.05) is 0 Å². The van der Waals surface area contributed by atoms with Crippen LogP contribution in [0.25, 0.3) is 0 Å². The highest BCUT2D eigenvalue weighted by Crippen LogP contribution is 2.05. The molecule has 1 aliphatic heterocycles. The Bertz CT molecular complexity index is 156. The summed E-state index contributed by atoms with van der Waals surface area (Å²) in [6.07, 6.45) is -0.583. The second-order valence-corrected chi connectivity index (χ2v) is 4.27. The van der Waals surface area contributed by atoms with E-state index in [1.54, 1.807) is 0 Å². The largest absolute Gasteiger partial charge is 0.394 e. The van der Waals surface area contributed by atoms with Gasteiger partial charge in [-0.1, -0.05) is 0 Å².